The van der Waals surface area contributed by atoms with Gasteiger partial charge >= 0.3 is 0 Å². The Balaban J connectivity index is 2.08. The van der Waals surface area contributed by atoms with Gasteiger partial charge in [0.1, 0.15) is 10.8 Å². The van der Waals surface area contributed by atoms with Crippen molar-refractivity contribution in [1.82, 2.24) is 14.3 Å². The first-order chi connectivity index (χ1) is 8.20. The second-order valence-electron chi connectivity index (χ2n) is 4.09. The summed E-state index contributed by atoms with van der Waals surface area (Å²) in [5, 5.41) is 7.39. The number of aromatic nitrogens is 3. The van der Waals surface area contributed by atoms with E-state index in [0.717, 1.165) is 22.4 Å². The predicted molar refractivity (Wildman–Crippen MR) is 72.8 cm³/mol. The van der Waals surface area contributed by atoms with Gasteiger partial charge in [0.25, 0.3) is 0 Å². The van der Waals surface area contributed by atoms with E-state index in [4.69, 9.17) is 0 Å². The molecule has 0 aromatic carbocycles. The lowest BCUT2D eigenvalue weighted by atomic mass is 10.2. The SMILES string of the molecule is CCC(Nc1nc(C(C)C)ns1)c1nccs1. The highest BCUT2D eigenvalue weighted by atomic mass is 32.1. The molecule has 2 rings (SSSR count). The lowest BCUT2D eigenvalue weighted by Gasteiger charge is -2.12. The second kappa shape index (κ2) is 5.55. The second-order valence-corrected chi connectivity index (χ2v) is 5.77. The number of hydrogen-bond donors (Lipinski definition) is 1. The Morgan fingerprint density at radius 3 is 2.76 bits per heavy atom. The third-order valence-corrected chi connectivity index (χ3v) is 3.96. The lowest BCUT2D eigenvalue weighted by molar-refractivity contribution is 0.736. The lowest BCUT2D eigenvalue weighted by Crippen LogP contribution is -2.09. The van der Waals surface area contributed by atoms with E-state index in [2.05, 4.69) is 40.4 Å². The van der Waals surface area contributed by atoms with Gasteiger partial charge in [-0.05, 0) is 6.42 Å². The van der Waals surface area contributed by atoms with Crippen LogP contribution < -0.4 is 5.32 Å². The van der Waals surface area contributed by atoms with Crippen LogP contribution in [-0.2, 0) is 0 Å². The number of nitrogens with zero attached hydrogens (tertiary/aromatic N) is 3. The average molecular weight is 268 g/mol. The molecule has 0 spiro atoms. The summed E-state index contributed by atoms with van der Waals surface area (Å²) in [4.78, 5) is 8.82. The van der Waals surface area contributed by atoms with E-state index in [1.165, 1.54) is 11.5 Å². The van der Waals surface area contributed by atoms with Crippen molar-refractivity contribution in [2.75, 3.05) is 5.32 Å². The molecular weight excluding hydrogens is 252 g/mol. The normalized spacial score (nSPS) is 12.9. The van der Waals surface area contributed by atoms with Crippen LogP contribution in [0.3, 0.4) is 0 Å². The van der Waals surface area contributed by atoms with Crippen molar-refractivity contribution in [2.24, 2.45) is 0 Å². The van der Waals surface area contributed by atoms with Crippen molar-refractivity contribution >= 4 is 28.0 Å². The van der Waals surface area contributed by atoms with Crippen molar-refractivity contribution in [3.8, 4) is 0 Å². The van der Waals surface area contributed by atoms with Crippen LogP contribution in [0, 0.1) is 0 Å². The monoisotopic (exact) mass is 268 g/mol. The fourth-order valence-electron chi connectivity index (χ4n) is 1.42. The molecule has 17 heavy (non-hydrogen) atoms. The Labute approximate surface area is 109 Å². The molecule has 6 heteroatoms. The van der Waals surface area contributed by atoms with Crippen molar-refractivity contribution in [3.63, 3.8) is 0 Å². The van der Waals surface area contributed by atoms with E-state index < -0.39 is 0 Å². The smallest absolute Gasteiger partial charge is 0.203 e. The summed E-state index contributed by atoms with van der Waals surface area (Å²) in [5.74, 6) is 1.29. The number of anilines is 1. The molecule has 2 aromatic heterocycles. The first-order valence-corrected chi connectivity index (χ1v) is 7.35. The van der Waals surface area contributed by atoms with Gasteiger partial charge in [0.05, 0.1) is 6.04 Å². The quantitative estimate of drug-likeness (QED) is 0.898. The fourth-order valence-corrected chi connectivity index (χ4v) is 2.96. The summed E-state index contributed by atoms with van der Waals surface area (Å²) in [5.41, 5.74) is 0. The number of hydrogen-bond acceptors (Lipinski definition) is 6. The number of rotatable bonds is 5. The van der Waals surface area contributed by atoms with Crippen LogP contribution in [0.15, 0.2) is 11.6 Å². The van der Waals surface area contributed by atoms with Crippen LogP contribution in [0.4, 0.5) is 5.13 Å². The van der Waals surface area contributed by atoms with Gasteiger partial charge in [-0.25, -0.2) is 9.97 Å². The van der Waals surface area contributed by atoms with E-state index in [-0.39, 0.29) is 6.04 Å². The van der Waals surface area contributed by atoms with Crippen LogP contribution in [0.2, 0.25) is 0 Å². The van der Waals surface area contributed by atoms with Crippen LogP contribution in [0.25, 0.3) is 0 Å². The average Bonchev–Trinajstić information content (AvgIpc) is 2.96. The van der Waals surface area contributed by atoms with Gasteiger partial charge in [-0.3, -0.25) is 0 Å². The molecule has 92 valence electrons. The molecule has 0 aliphatic heterocycles. The van der Waals surface area contributed by atoms with Gasteiger partial charge in [-0.15, -0.1) is 11.3 Å². The fraction of sp³-hybridized carbons (Fsp3) is 0.545. The molecule has 0 saturated heterocycles. The molecule has 0 amide bonds. The first kappa shape index (κ1) is 12.4. The molecule has 0 bridgehead atoms. The minimum absolute atomic E-state index is 0.239. The maximum atomic E-state index is 4.48. The summed E-state index contributed by atoms with van der Waals surface area (Å²) < 4.78 is 4.34. The summed E-state index contributed by atoms with van der Waals surface area (Å²) in [6, 6.07) is 0.239. The van der Waals surface area contributed by atoms with Gasteiger partial charge in [-0.1, -0.05) is 20.8 Å². The molecule has 0 aliphatic rings. The highest BCUT2D eigenvalue weighted by molar-refractivity contribution is 7.10. The van der Waals surface area contributed by atoms with Gasteiger partial charge < -0.3 is 5.32 Å². The predicted octanol–water partition coefficient (Wildman–Crippen LogP) is 3.68. The number of nitrogens with one attached hydrogen (secondary N) is 1. The molecule has 0 fully saturated rings. The Morgan fingerprint density at radius 1 is 1.41 bits per heavy atom. The highest BCUT2D eigenvalue weighted by Gasteiger charge is 2.15. The Morgan fingerprint density at radius 2 is 2.24 bits per heavy atom. The van der Waals surface area contributed by atoms with Crippen molar-refractivity contribution < 1.29 is 0 Å². The maximum absolute atomic E-state index is 4.48. The third-order valence-electron chi connectivity index (χ3n) is 2.41. The summed E-state index contributed by atoms with van der Waals surface area (Å²) in [6.45, 7) is 6.34. The van der Waals surface area contributed by atoms with E-state index in [0.29, 0.717) is 5.92 Å². The molecule has 0 radical (unpaired) electrons. The molecule has 4 nitrogen and oxygen atoms in total. The summed E-state index contributed by atoms with van der Waals surface area (Å²) in [7, 11) is 0. The Hall–Kier alpha value is -1.01. The molecule has 1 N–H and O–H groups in total. The van der Waals surface area contributed by atoms with Gasteiger partial charge in [-0.2, -0.15) is 4.37 Å². The highest BCUT2D eigenvalue weighted by Crippen LogP contribution is 2.26. The number of thiazole rings is 1. The van der Waals surface area contributed by atoms with E-state index in [9.17, 15) is 0 Å². The van der Waals surface area contributed by atoms with Gasteiger partial charge in [0.15, 0.2) is 0 Å². The molecule has 0 aliphatic carbocycles. The summed E-state index contributed by atoms with van der Waals surface area (Å²) in [6.07, 6.45) is 2.83. The minimum Gasteiger partial charge on any atom is -0.351 e. The van der Waals surface area contributed by atoms with Gasteiger partial charge in [0, 0.05) is 29.0 Å². The largest absolute Gasteiger partial charge is 0.351 e. The minimum atomic E-state index is 0.239. The molecule has 2 aromatic rings. The molecule has 1 atom stereocenters. The van der Waals surface area contributed by atoms with Crippen molar-refractivity contribution in [3.05, 3.63) is 22.4 Å². The molecule has 1 unspecified atom stereocenters. The summed E-state index contributed by atoms with van der Waals surface area (Å²) >= 11 is 3.09. The van der Waals surface area contributed by atoms with Crippen molar-refractivity contribution in [2.45, 2.75) is 39.2 Å². The van der Waals surface area contributed by atoms with Crippen LogP contribution in [0.5, 0.6) is 0 Å². The Bertz CT molecular complexity index is 450. The molecule has 2 heterocycles. The van der Waals surface area contributed by atoms with E-state index in [1.54, 1.807) is 11.3 Å². The Kier molecular flexibility index (Phi) is 4.06. The van der Waals surface area contributed by atoms with E-state index >= 15 is 0 Å². The van der Waals surface area contributed by atoms with Crippen molar-refractivity contribution in [1.29, 1.82) is 0 Å². The molecular formula is C11H16N4S2. The zero-order valence-corrected chi connectivity index (χ0v) is 11.8. The standard InChI is InChI=1S/C11H16N4S2/c1-4-8(10-12-5-6-16-10)13-11-14-9(7(2)3)15-17-11/h5-8H,4H2,1-3H3,(H,13,14,15). The first-order valence-electron chi connectivity index (χ1n) is 5.70. The van der Waals surface area contributed by atoms with Crippen LogP contribution in [0.1, 0.15) is 50.0 Å². The zero-order chi connectivity index (χ0) is 12.3. The van der Waals surface area contributed by atoms with E-state index in [1.807, 2.05) is 11.6 Å². The van der Waals surface area contributed by atoms with Crippen LogP contribution in [-0.4, -0.2) is 14.3 Å². The topological polar surface area (TPSA) is 50.7 Å². The molecule has 0 saturated carbocycles. The van der Waals surface area contributed by atoms with Crippen LogP contribution >= 0.6 is 22.9 Å². The third kappa shape index (κ3) is 3.01. The maximum Gasteiger partial charge on any atom is 0.203 e. The van der Waals surface area contributed by atoms with Gasteiger partial charge in [0.2, 0.25) is 5.13 Å². The zero-order valence-electron chi connectivity index (χ0n) is 10.2.